The van der Waals surface area contributed by atoms with E-state index in [2.05, 4.69) is 0 Å². The van der Waals surface area contributed by atoms with Gasteiger partial charge in [0.25, 0.3) is 0 Å². The molecule has 1 atom stereocenters. The summed E-state index contributed by atoms with van der Waals surface area (Å²) in [4.78, 5) is 1.90. The van der Waals surface area contributed by atoms with Gasteiger partial charge in [0.15, 0.2) is 0 Å². The Balaban J connectivity index is 2.78. The van der Waals surface area contributed by atoms with Gasteiger partial charge in [0.2, 0.25) is 0 Å². The fourth-order valence-electron chi connectivity index (χ4n) is 1.82. The topological polar surface area (TPSA) is 32.7 Å². The third-order valence-electron chi connectivity index (χ3n) is 2.74. The van der Waals surface area contributed by atoms with Crippen molar-refractivity contribution in [2.45, 2.75) is 33.0 Å². The Morgan fingerprint density at radius 1 is 1.33 bits per heavy atom. The number of benzene rings is 1. The zero-order valence-corrected chi connectivity index (χ0v) is 11.5. The van der Waals surface area contributed by atoms with Crippen molar-refractivity contribution in [1.29, 1.82) is 0 Å². The maximum absolute atomic E-state index is 13.7. The van der Waals surface area contributed by atoms with Gasteiger partial charge < -0.3 is 14.7 Å². The van der Waals surface area contributed by atoms with Crippen molar-refractivity contribution < 1.29 is 14.2 Å². The van der Waals surface area contributed by atoms with Gasteiger partial charge >= 0.3 is 0 Å². The minimum atomic E-state index is -0.824. The fraction of sp³-hybridized carbons (Fsp3) is 0.571. The first-order valence-corrected chi connectivity index (χ1v) is 6.22. The molecule has 0 aromatic heterocycles. The first kappa shape index (κ1) is 14.9. The van der Waals surface area contributed by atoms with Gasteiger partial charge in [-0.05, 0) is 32.9 Å². The SMILES string of the molecule is CC(C)OCCN(C)c1cccc(F)c1[C@@H](C)O. The largest absolute Gasteiger partial charge is 0.389 e. The maximum atomic E-state index is 13.7. The number of rotatable bonds is 6. The lowest BCUT2D eigenvalue weighted by Gasteiger charge is -2.24. The molecule has 0 aliphatic heterocycles. The van der Waals surface area contributed by atoms with Crippen molar-refractivity contribution in [3.8, 4) is 0 Å². The Hall–Kier alpha value is -1.13. The third-order valence-corrected chi connectivity index (χ3v) is 2.74. The quantitative estimate of drug-likeness (QED) is 0.848. The van der Waals surface area contributed by atoms with E-state index in [9.17, 15) is 9.50 Å². The first-order valence-electron chi connectivity index (χ1n) is 6.22. The number of anilines is 1. The van der Waals surface area contributed by atoms with Gasteiger partial charge in [-0.15, -0.1) is 0 Å². The number of halogens is 1. The lowest BCUT2D eigenvalue weighted by Crippen LogP contribution is -2.25. The van der Waals surface area contributed by atoms with Crippen molar-refractivity contribution >= 4 is 5.69 Å². The second-order valence-corrected chi connectivity index (χ2v) is 4.69. The van der Waals surface area contributed by atoms with Gasteiger partial charge in [0.05, 0.1) is 18.8 Å². The van der Waals surface area contributed by atoms with Crippen LogP contribution in [-0.4, -0.2) is 31.4 Å². The second-order valence-electron chi connectivity index (χ2n) is 4.69. The van der Waals surface area contributed by atoms with Crippen LogP contribution in [0.4, 0.5) is 10.1 Å². The molecule has 0 saturated carbocycles. The molecule has 0 radical (unpaired) electrons. The molecule has 0 aliphatic carbocycles. The number of ether oxygens (including phenoxy) is 1. The monoisotopic (exact) mass is 255 g/mol. The second kappa shape index (κ2) is 6.71. The highest BCUT2D eigenvalue weighted by Gasteiger charge is 2.16. The summed E-state index contributed by atoms with van der Waals surface area (Å²) in [5, 5.41) is 9.65. The van der Waals surface area contributed by atoms with E-state index in [-0.39, 0.29) is 11.9 Å². The van der Waals surface area contributed by atoms with Gasteiger partial charge in [0, 0.05) is 24.8 Å². The molecule has 0 heterocycles. The van der Waals surface area contributed by atoms with Crippen molar-refractivity contribution in [2.24, 2.45) is 0 Å². The third kappa shape index (κ3) is 3.96. The summed E-state index contributed by atoms with van der Waals surface area (Å²) in [6, 6.07) is 4.82. The molecule has 1 N–H and O–H groups in total. The van der Waals surface area contributed by atoms with E-state index >= 15 is 0 Å². The molecule has 0 saturated heterocycles. The van der Waals surface area contributed by atoms with Gasteiger partial charge in [-0.1, -0.05) is 6.07 Å². The van der Waals surface area contributed by atoms with Crippen LogP contribution in [0.3, 0.4) is 0 Å². The average Bonchev–Trinajstić information content (AvgIpc) is 2.27. The first-order chi connectivity index (χ1) is 8.43. The van der Waals surface area contributed by atoms with Gasteiger partial charge in [-0.3, -0.25) is 0 Å². The molecule has 1 rings (SSSR count). The summed E-state index contributed by atoms with van der Waals surface area (Å²) < 4.78 is 19.2. The number of aliphatic hydroxyl groups is 1. The molecule has 1 aromatic rings. The number of aliphatic hydroxyl groups excluding tert-OH is 1. The summed E-state index contributed by atoms with van der Waals surface area (Å²) in [5.41, 5.74) is 1.04. The minimum Gasteiger partial charge on any atom is -0.389 e. The van der Waals surface area contributed by atoms with E-state index in [0.29, 0.717) is 24.4 Å². The molecular formula is C14H22FNO2. The Morgan fingerprint density at radius 2 is 2.00 bits per heavy atom. The highest BCUT2D eigenvalue weighted by Crippen LogP contribution is 2.28. The van der Waals surface area contributed by atoms with E-state index < -0.39 is 6.10 Å². The predicted molar refractivity (Wildman–Crippen MR) is 71.4 cm³/mol. The lowest BCUT2D eigenvalue weighted by molar-refractivity contribution is 0.0845. The minimum absolute atomic E-state index is 0.183. The van der Waals surface area contributed by atoms with Crippen molar-refractivity contribution in [3.05, 3.63) is 29.6 Å². The van der Waals surface area contributed by atoms with E-state index in [1.807, 2.05) is 25.8 Å². The zero-order chi connectivity index (χ0) is 13.7. The molecular weight excluding hydrogens is 233 g/mol. The van der Waals surface area contributed by atoms with Gasteiger partial charge in [-0.2, -0.15) is 0 Å². The summed E-state index contributed by atoms with van der Waals surface area (Å²) in [5.74, 6) is -0.376. The van der Waals surface area contributed by atoms with Crippen molar-refractivity contribution in [3.63, 3.8) is 0 Å². The van der Waals surface area contributed by atoms with Crippen LogP contribution in [0.5, 0.6) is 0 Å². The summed E-state index contributed by atoms with van der Waals surface area (Å²) in [6.07, 6.45) is -0.642. The molecule has 0 fully saturated rings. The van der Waals surface area contributed by atoms with E-state index in [1.165, 1.54) is 6.07 Å². The van der Waals surface area contributed by atoms with Crippen LogP contribution in [0.1, 0.15) is 32.4 Å². The molecule has 0 aliphatic rings. The van der Waals surface area contributed by atoms with Crippen LogP contribution < -0.4 is 4.90 Å². The zero-order valence-electron chi connectivity index (χ0n) is 11.5. The summed E-state index contributed by atoms with van der Waals surface area (Å²) in [6.45, 7) is 6.75. The highest BCUT2D eigenvalue weighted by atomic mass is 19.1. The Labute approximate surface area is 108 Å². The molecule has 0 unspecified atom stereocenters. The number of hydrogen-bond acceptors (Lipinski definition) is 3. The van der Waals surface area contributed by atoms with Crippen molar-refractivity contribution in [1.82, 2.24) is 0 Å². The highest BCUT2D eigenvalue weighted by molar-refractivity contribution is 5.54. The molecule has 0 spiro atoms. The summed E-state index contributed by atoms with van der Waals surface area (Å²) >= 11 is 0. The fourth-order valence-corrected chi connectivity index (χ4v) is 1.82. The molecule has 0 amide bonds. The molecule has 18 heavy (non-hydrogen) atoms. The van der Waals surface area contributed by atoms with Crippen LogP contribution >= 0.6 is 0 Å². The van der Waals surface area contributed by atoms with Gasteiger partial charge in [-0.25, -0.2) is 4.39 Å². The van der Waals surface area contributed by atoms with Crippen LogP contribution in [0, 0.1) is 5.82 Å². The van der Waals surface area contributed by atoms with E-state index in [1.54, 1.807) is 19.1 Å². The van der Waals surface area contributed by atoms with Crippen molar-refractivity contribution in [2.75, 3.05) is 25.1 Å². The molecule has 0 bridgehead atoms. The van der Waals surface area contributed by atoms with Crippen LogP contribution in [0.15, 0.2) is 18.2 Å². The average molecular weight is 255 g/mol. The number of hydrogen-bond donors (Lipinski definition) is 1. The van der Waals surface area contributed by atoms with E-state index in [4.69, 9.17) is 4.74 Å². The Kier molecular flexibility index (Phi) is 5.56. The smallest absolute Gasteiger partial charge is 0.131 e. The Morgan fingerprint density at radius 3 is 2.56 bits per heavy atom. The maximum Gasteiger partial charge on any atom is 0.131 e. The lowest BCUT2D eigenvalue weighted by atomic mass is 10.1. The molecule has 1 aromatic carbocycles. The molecule has 102 valence electrons. The van der Waals surface area contributed by atoms with Crippen LogP contribution in [0.2, 0.25) is 0 Å². The molecule has 4 heteroatoms. The number of likely N-dealkylation sites (N-methyl/N-ethyl adjacent to an activating group) is 1. The van der Waals surface area contributed by atoms with E-state index in [0.717, 1.165) is 0 Å². The standard InChI is InChI=1S/C14H22FNO2/c1-10(2)18-9-8-16(4)13-7-5-6-12(15)14(13)11(3)17/h5-7,10-11,17H,8-9H2,1-4H3/t11-/m1/s1. The van der Waals surface area contributed by atoms with Crippen LogP contribution in [0.25, 0.3) is 0 Å². The summed E-state index contributed by atoms with van der Waals surface area (Å²) in [7, 11) is 1.87. The normalized spacial score (nSPS) is 12.8. The number of nitrogens with zero attached hydrogens (tertiary/aromatic N) is 1. The van der Waals surface area contributed by atoms with Crippen LogP contribution in [-0.2, 0) is 4.74 Å². The van der Waals surface area contributed by atoms with Gasteiger partial charge in [0.1, 0.15) is 5.82 Å². The Bertz CT molecular complexity index is 380. The predicted octanol–water partition coefficient (Wildman–Crippen LogP) is 2.74. The molecule has 3 nitrogen and oxygen atoms in total.